The Balaban J connectivity index is 1.53. The summed E-state index contributed by atoms with van der Waals surface area (Å²) >= 11 is 0. The normalized spacial score (nSPS) is 14.0. The number of hydrogen-bond donors (Lipinski definition) is 0. The molecule has 2 aromatic carbocycles. The molecule has 4 rings (SSSR count). The molecule has 1 fully saturated rings. The molecule has 0 unspecified atom stereocenters. The van der Waals surface area contributed by atoms with Crippen molar-refractivity contribution < 1.29 is 18.0 Å². The van der Waals surface area contributed by atoms with E-state index in [-0.39, 0.29) is 11.8 Å². The van der Waals surface area contributed by atoms with Gasteiger partial charge in [-0.05, 0) is 48.2 Å². The maximum atomic E-state index is 13.0. The smallest absolute Gasteiger partial charge is 0.345 e. The molecule has 0 radical (unpaired) electrons. The Morgan fingerprint density at radius 1 is 0.933 bits per heavy atom. The van der Waals surface area contributed by atoms with Crippen LogP contribution in [0, 0.1) is 5.92 Å². The molecule has 6 heteroatoms. The van der Waals surface area contributed by atoms with Crippen LogP contribution in [0.3, 0.4) is 0 Å². The summed E-state index contributed by atoms with van der Waals surface area (Å²) in [4.78, 5) is 14.7. The average Bonchev–Trinajstić information content (AvgIpc) is 3.49. The number of rotatable bonds is 7. The zero-order valence-electron chi connectivity index (χ0n) is 16.5. The molecule has 0 aliphatic heterocycles. The van der Waals surface area contributed by atoms with Crippen LogP contribution in [0.25, 0.3) is 0 Å². The zero-order valence-corrected chi connectivity index (χ0v) is 16.5. The van der Waals surface area contributed by atoms with Gasteiger partial charge in [0.15, 0.2) is 0 Å². The van der Waals surface area contributed by atoms with E-state index in [9.17, 15) is 18.0 Å². The van der Waals surface area contributed by atoms with Gasteiger partial charge in [-0.1, -0.05) is 42.5 Å². The van der Waals surface area contributed by atoms with Gasteiger partial charge in [0.2, 0.25) is 5.91 Å². The summed E-state index contributed by atoms with van der Waals surface area (Å²) in [5, 5.41) is 0. The summed E-state index contributed by atoms with van der Waals surface area (Å²) in [6.07, 6.45) is -0.665. The Hall–Kier alpha value is -3.02. The average molecular weight is 412 g/mol. The van der Waals surface area contributed by atoms with Crippen molar-refractivity contribution in [2.75, 3.05) is 0 Å². The lowest BCUT2D eigenvalue weighted by molar-refractivity contribution is -0.137. The minimum absolute atomic E-state index is 0.0978. The highest BCUT2D eigenvalue weighted by molar-refractivity contribution is 5.81. The van der Waals surface area contributed by atoms with Crippen molar-refractivity contribution in [3.63, 3.8) is 0 Å². The van der Waals surface area contributed by atoms with Crippen LogP contribution in [0.2, 0.25) is 0 Å². The van der Waals surface area contributed by atoms with Gasteiger partial charge < -0.3 is 9.47 Å². The molecule has 30 heavy (non-hydrogen) atoms. The molecule has 1 aliphatic rings. The van der Waals surface area contributed by atoms with Gasteiger partial charge in [-0.25, -0.2) is 0 Å². The van der Waals surface area contributed by atoms with Gasteiger partial charge in [-0.3, -0.25) is 4.79 Å². The fourth-order valence-electron chi connectivity index (χ4n) is 3.59. The van der Waals surface area contributed by atoms with Gasteiger partial charge in [0.05, 0.1) is 12.1 Å². The van der Waals surface area contributed by atoms with Crippen LogP contribution in [0.15, 0.2) is 72.9 Å². The van der Waals surface area contributed by atoms with Crippen LogP contribution >= 0.6 is 0 Å². The van der Waals surface area contributed by atoms with E-state index in [0.29, 0.717) is 25.2 Å². The SMILES string of the molecule is O=C(C1CC1)N(Cc1ccccc1)Cc1cccn1Cc1cccc(C(F)(F)F)c1. The van der Waals surface area contributed by atoms with Crippen LogP contribution in [0.5, 0.6) is 0 Å². The molecule has 3 nitrogen and oxygen atoms in total. The quantitative estimate of drug-likeness (QED) is 0.503. The number of alkyl halides is 3. The summed E-state index contributed by atoms with van der Waals surface area (Å²) in [6, 6.07) is 19.0. The molecule has 1 aromatic heterocycles. The first-order chi connectivity index (χ1) is 14.4. The molecule has 1 aliphatic carbocycles. The third-order valence-corrected chi connectivity index (χ3v) is 5.34. The van der Waals surface area contributed by atoms with E-state index in [1.807, 2.05) is 58.1 Å². The largest absolute Gasteiger partial charge is 0.416 e. The summed E-state index contributed by atoms with van der Waals surface area (Å²) < 4.78 is 41.0. The van der Waals surface area contributed by atoms with E-state index in [4.69, 9.17) is 0 Å². The first kappa shape index (κ1) is 20.3. The lowest BCUT2D eigenvalue weighted by atomic mass is 10.1. The second kappa shape index (κ2) is 8.38. The summed E-state index contributed by atoms with van der Waals surface area (Å²) in [6.45, 7) is 1.27. The number of benzene rings is 2. The summed E-state index contributed by atoms with van der Waals surface area (Å²) in [7, 11) is 0. The van der Waals surface area contributed by atoms with E-state index in [0.717, 1.165) is 30.2 Å². The molecular weight excluding hydrogens is 389 g/mol. The first-order valence-corrected chi connectivity index (χ1v) is 10.0. The number of amides is 1. The van der Waals surface area contributed by atoms with Gasteiger partial charge in [0, 0.05) is 30.9 Å². The fourth-order valence-corrected chi connectivity index (χ4v) is 3.59. The van der Waals surface area contributed by atoms with Crippen molar-refractivity contribution in [2.45, 2.75) is 38.7 Å². The van der Waals surface area contributed by atoms with Crippen LogP contribution in [0.1, 0.15) is 35.2 Å². The summed E-state index contributed by atoms with van der Waals surface area (Å²) in [5.74, 6) is 0.242. The molecule has 0 atom stereocenters. The Bertz CT molecular complexity index is 1010. The predicted molar refractivity (Wildman–Crippen MR) is 108 cm³/mol. The van der Waals surface area contributed by atoms with Crippen LogP contribution in [0.4, 0.5) is 13.2 Å². The minimum Gasteiger partial charge on any atom is -0.345 e. The van der Waals surface area contributed by atoms with Gasteiger partial charge in [-0.15, -0.1) is 0 Å². The van der Waals surface area contributed by atoms with Crippen molar-refractivity contribution in [1.29, 1.82) is 0 Å². The number of nitrogens with zero attached hydrogens (tertiary/aromatic N) is 2. The van der Waals surface area contributed by atoms with Crippen molar-refractivity contribution >= 4 is 5.91 Å². The van der Waals surface area contributed by atoms with Crippen molar-refractivity contribution in [1.82, 2.24) is 9.47 Å². The predicted octanol–water partition coefficient (Wildman–Crippen LogP) is 5.49. The highest BCUT2D eigenvalue weighted by atomic mass is 19.4. The lowest BCUT2D eigenvalue weighted by Gasteiger charge is -2.24. The molecule has 1 heterocycles. The van der Waals surface area contributed by atoms with E-state index in [1.54, 1.807) is 6.07 Å². The van der Waals surface area contributed by atoms with E-state index < -0.39 is 11.7 Å². The Labute approximate surface area is 173 Å². The third kappa shape index (κ3) is 4.93. The van der Waals surface area contributed by atoms with Gasteiger partial charge in [-0.2, -0.15) is 13.2 Å². The third-order valence-electron chi connectivity index (χ3n) is 5.34. The second-order valence-corrected chi connectivity index (χ2v) is 7.78. The number of aromatic nitrogens is 1. The second-order valence-electron chi connectivity index (χ2n) is 7.78. The standard InChI is InChI=1S/C24H23F3N2O/c25-24(26,27)21-9-4-8-19(14-21)16-28-13-5-10-22(28)17-29(23(30)20-11-12-20)15-18-6-2-1-3-7-18/h1-10,13-14,20H,11-12,15-17H2. The number of carbonyl (C=O) groups is 1. The van der Waals surface area contributed by atoms with Crippen molar-refractivity contribution in [3.05, 3.63) is 95.3 Å². The van der Waals surface area contributed by atoms with Crippen LogP contribution in [-0.4, -0.2) is 15.4 Å². The van der Waals surface area contributed by atoms with E-state index in [2.05, 4.69) is 0 Å². The zero-order chi connectivity index (χ0) is 21.1. The van der Waals surface area contributed by atoms with Crippen molar-refractivity contribution in [2.24, 2.45) is 5.92 Å². The number of halogens is 3. The van der Waals surface area contributed by atoms with E-state index >= 15 is 0 Å². The number of hydrogen-bond acceptors (Lipinski definition) is 1. The molecule has 1 saturated carbocycles. The highest BCUT2D eigenvalue weighted by Crippen LogP contribution is 2.32. The Morgan fingerprint density at radius 3 is 2.37 bits per heavy atom. The van der Waals surface area contributed by atoms with Crippen LogP contribution in [-0.2, 0) is 30.6 Å². The summed E-state index contributed by atoms with van der Waals surface area (Å²) in [5.41, 5.74) is 1.88. The van der Waals surface area contributed by atoms with Crippen LogP contribution < -0.4 is 0 Å². The topological polar surface area (TPSA) is 25.2 Å². The fraction of sp³-hybridized carbons (Fsp3) is 0.292. The monoisotopic (exact) mass is 412 g/mol. The maximum absolute atomic E-state index is 13.0. The molecule has 3 aromatic rings. The Kier molecular flexibility index (Phi) is 5.66. The molecule has 156 valence electrons. The van der Waals surface area contributed by atoms with Crippen molar-refractivity contribution in [3.8, 4) is 0 Å². The minimum atomic E-state index is -4.36. The van der Waals surface area contributed by atoms with Gasteiger partial charge in [0.25, 0.3) is 0 Å². The molecule has 0 N–H and O–H groups in total. The molecule has 0 saturated heterocycles. The molecule has 0 bridgehead atoms. The Morgan fingerprint density at radius 2 is 1.67 bits per heavy atom. The maximum Gasteiger partial charge on any atom is 0.416 e. The molecule has 0 spiro atoms. The number of carbonyl (C=O) groups excluding carboxylic acids is 1. The first-order valence-electron chi connectivity index (χ1n) is 10.0. The van der Waals surface area contributed by atoms with Gasteiger partial charge in [0.1, 0.15) is 0 Å². The van der Waals surface area contributed by atoms with Gasteiger partial charge >= 0.3 is 6.18 Å². The lowest BCUT2D eigenvalue weighted by Crippen LogP contribution is -2.32. The molecular formula is C24H23F3N2O. The highest BCUT2D eigenvalue weighted by Gasteiger charge is 2.34. The van der Waals surface area contributed by atoms with E-state index in [1.165, 1.54) is 12.1 Å². The molecule has 1 amide bonds.